The molecule has 0 unspecified atom stereocenters. The van der Waals surface area contributed by atoms with E-state index < -0.39 is 0 Å². The molecule has 3 nitrogen and oxygen atoms in total. The van der Waals surface area contributed by atoms with Crippen LogP contribution in [0.2, 0.25) is 0 Å². The highest BCUT2D eigenvalue weighted by Crippen LogP contribution is 2.27. The molecule has 0 bridgehead atoms. The number of hydrogen-bond donors (Lipinski definition) is 0. The minimum Gasteiger partial charge on any atom is -0.496 e. The average Bonchev–Trinajstić information content (AvgIpc) is 2.33. The molecule has 1 rings (SSSR count). The van der Waals surface area contributed by atoms with Crippen LogP contribution in [-0.2, 0) is 0 Å². The van der Waals surface area contributed by atoms with Gasteiger partial charge in [0.1, 0.15) is 5.75 Å². The van der Waals surface area contributed by atoms with Crippen LogP contribution in [0.15, 0.2) is 12.1 Å². The molecule has 3 heteroatoms. The van der Waals surface area contributed by atoms with Crippen molar-refractivity contribution in [2.24, 2.45) is 0 Å². The summed E-state index contributed by atoms with van der Waals surface area (Å²) in [5.41, 5.74) is 2.82. The number of amides is 1. The summed E-state index contributed by atoms with van der Waals surface area (Å²) in [6.45, 7) is 9.39. The van der Waals surface area contributed by atoms with Gasteiger partial charge < -0.3 is 9.64 Å². The molecule has 0 saturated carbocycles. The van der Waals surface area contributed by atoms with Crippen LogP contribution in [0.4, 0.5) is 0 Å². The quantitative estimate of drug-likeness (QED) is 0.803. The summed E-state index contributed by atoms with van der Waals surface area (Å²) in [5, 5.41) is 0. The fourth-order valence-corrected chi connectivity index (χ4v) is 1.90. The number of methoxy groups -OCH3 is 1. The number of aryl methyl sites for hydroxylation is 1. The molecule has 0 atom stereocenters. The van der Waals surface area contributed by atoms with Crippen molar-refractivity contribution in [1.29, 1.82) is 0 Å². The Morgan fingerprint density at radius 2 is 1.82 bits per heavy atom. The Morgan fingerprint density at radius 1 is 1.24 bits per heavy atom. The molecule has 1 amide bonds. The van der Waals surface area contributed by atoms with Crippen molar-refractivity contribution in [2.45, 2.75) is 27.7 Å². The van der Waals surface area contributed by atoms with Gasteiger partial charge in [0.05, 0.1) is 12.7 Å². The molecule has 1 aromatic rings. The third-order valence-corrected chi connectivity index (χ3v) is 3.16. The maximum absolute atomic E-state index is 12.3. The summed E-state index contributed by atoms with van der Waals surface area (Å²) >= 11 is 0. The molecule has 0 aliphatic heterocycles. The van der Waals surface area contributed by atoms with Crippen molar-refractivity contribution in [2.75, 3.05) is 20.2 Å². The second-order valence-electron chi connectivity index (χ2n) is 4.07. The van der Waals surface area contributed by atoms with E-state index in [1.165, 1.54) is 0 Å². The SMILES string of the molecule is CCN(CC)C(=O)c1ccc(C)c(C)c1OC. The highest BCUT2D eigenvalue weighted by molar-refractivity contribution is 5.97. The maximum Gasteiger partial charge on any atom is 0.257 e. The first-order valence-corrected chi connectivity index (χ1v) is 6.00. The third-order valence-electron chi connectivity index (χ3n) is 3.16. The zero-order valence-corrected chi connectivity index (χ0v) is 11.3. The van der Waals surface area contributed by atoms with Gasteiger partial charge in [0, 0.05) is 13.1 Å². The molecular formula is C14H21NO2. The van der Waals surface area contributed by atoms with Gasteiger partial charge in [-0.3, -0.25) is 4.79 Å². The van der Waals surface area contributed by atoms with Gasteiger partial charge in [-0.15, -0.1) is 0 Å². The molecule has 0 aliphatic carbocycles. The van der Waals surface area contributed by atoms with E-state index in [1.54, 1.807) is 12.0 Å². The number of rotatable bonds is 4. The largest absolute Gasteiger partial charge is 0.496 e. The summed E-state index contributed by atoms with van der Waals surface area (Å²) in [6, 6.07) is 3.82. The lowest BCUT2D eigenvalue weighted by Gasteiger charge is -2.21. The van der Waals surface area contributed by atoms with Crippen LogP contribution < -0.4 is 4.74 Å². The van der Waals surface area contributed by atoms with E-state index in [-0.39, 0.29) is 5.91 Å². The van der Waals surface area contributed by atoms with Crippen LogP contribution in [0.1, 0.15) is 35.3 Å². The Balaban J connectivity index is 3.22. The van der Waals surface area contributed by atoms with Gasteiger partial charge in [-0.05, 0) is 44.9 Å². The van der Waals surface area contributed by atoms with E-state index in [9.17, 15) is 4.79 Å². The molecule has 0 radical (unpaired) electrons. The molecule has 0 spiro atoms. The topological polar surface area (TPSA) is 29.5 Å². The predicted octanol–water partition coefficient (Wildman–Crippen LogP) is 2.79. The number of benzene rings is 1. The average molecular weight is 235 g/mol. The Morgan fingerprint density at radius 3 is 2.29 bits per heavy atom. The molecule has 0 saturated heterocycles. The Kier molecular flexibility index (Phi) is 4.55. The first-order chi connectivity index (χ1) is 8.06. The molecule has 0 heterocycles. The van der Waals surface area contributed by atoms with Gasteiger partial charge in [0.25, 0.3) is 5.91 Å². The number of hydrogen-bond acceptors (Lipinski definition) is 2. The zero-order chi connectivity index (χ0) is 13.0. The highest BCUT2D eigenvalue weighted by atomic mass is 16.5. The second-order valence-corrected chi connectivity index (χ2v) is 4.07. The summed E-state index contributed by atoms with van der Waals surface area (Å²) in [7, 11) is 1.61. The summed E-state index contributed by atoms with van der Waals surface area (Å²) in [5.74, 6) is 0.733. The minimum atomic E-state index is 0.0370. The lowest BCUT2D eigenvalue weighted by Crippen LogP contribution is -2.30. The number of nitrogens with zero attached hydrogens (tertiary/aromatic N) is 1. The zero-order valence-electron chi connectivity index (χ0n) is 11.3. The van der Waals surface area contributed by atoms with E-state index in [0.717, 1.165) is 11.1 Å². The smallest absolute Gasteiger partial charge is 0.257 e. The van der Waals surface area contributed by atoms with E-state index >= 15 is 0 Å². The van der Waals surface area contributed by atoms with E-state index in [2.05, 4.69) is 0 Å². The van der Waals surface area contributed by atoms with Crippen LogP contribution in [0, 0.1) is 13.8 Å². The predicted molar refractivity (Wildman–Crippen MR) is 69.7 cm³/mol. The van der Waals surface area contributed by atoms with Crippen LogP contribution >= 0.6 is 0 Å². The fraction of sp³-hybridized carbons (Fsp3) is 0.500. The normalized spacial score (nSPS) is 10.2. The van der Waals surface area contributed by atoms with Crippen molar-refractivity contribution in [3.63, 3.8) is 0 Å². The fourth-order valence-electron chi connectivity index (χ4n) is 1.90. The van der Waals surface area contributed by atoms with Crippen molar-refractivity contribution < 1.29 is 9.53 Å². The van der Waals surface area contributed by atoms with Crippen molar-refractivity contribution in [3.05, 3.63) is 28.8 Å². The molecular weight excluding hydrogens is 214 g/mol. The maximum atomic E-state index is 12.3. The van der Waals surface area contributed by atoms with Crippen molar-refractivity contribution in [3.8, 4) is 5.75 Å². The molecule has 17 heavy (non-hydrogen) atoms. The summed E-state index contributed by atoms with van der Waals surface area (Å²) in [6.07, 6.45) is 0. The molecule has 1 aromatic carbocycles. The van der Waals surface area contributed by atoms with E-state index in [0.29, 0.717) is 24.4 Å². The minimum absolute atomic E-state index is 0.0370. The van der Waals surface area contributed by atoms with Crippen LogP contribution in [0.3, 0.4) is 0 Å². The van der Waals surface area contributed by atoms with Crippen LogP contribution in [0.5, 0.6) is 5.75 Å². The number of ether oxygens (including phenoxy) is 1. The Hall–Kier alpha value is -1.51. The van der Waals surface area contributed by atoms with Crippen LogP contribution in [0.25, 0.3) is 0 Å². The summed E-state index contributed by atoms with van der Waals surface area (Å²) < 4.78 is 5.37. The molecule has 94 valence electrons. The van der Waals surface area contributed by atoms with Gasteiger partial charge in [0.15, 0.2) is 0 Å². The van der Waals surface area contributed by atoms with Gasteiger partial charge in [-0.25, -0.2) is 0 Å². The lowest BCUT2D eigenvalue weighted by molar-refractivity contribution is 0.0769. The standard InChI is InChI=1S/C14H21NO2/c1-6-15(7-2)14(16)12-9-8-10(3)11(4)13(12)17-5/h8-9H,6-7H2,1-5H3. The number of carbonyl (C=O) groups is 1. The van der Waals surface area contributed by atoms with Crippen LogP contribution in [-0.4, -0.2) is 31.0 Å². The van der Waals surface area contributed by atoms with Crippen molar-refractivity contribution in [1.82, 2.24) is 4.90 Å². The molecule has 0 N–H and O–H groups in total. The Bertz CT molecular complexity index is 409. The number of carbonyl (C=O) groups excluding carboxylic acids is 1. The lowest BCUT2D eigenvalue weighted by atomic mass is 10.0. The highest BCUT2D eigenvalue weighted by Gasteiger charge is 2.19. The van der Waals surface area contributed by atoms with Gasteiger partial charge >= 0.3 is 0 Å². The van der Waals surface area contributed by atoms with Gasteiger partial charge in [-0.1, -0.05) is 6.07 Å². The van der Waals surface area contributed by atoms with E-state index in [1.807, 2.05) is 39.8 Å². The van der Waals surface area contributed by atoms with Gasteiger partial charge in [-0.2, -0.15) is 0 Å². The van der Waals surface area contributed by atoms with Gasteiger partial charge in [0.2, 0.25) is 0 Å². The molecule has 0 fully saturated rings. The molecule has 0 aliphatic rings. The Labute approximate surface area is 103 Å². The monoisotopic (exact) mass is 235 g/mol. The second kappa shape index (κ2) is 5.71. The third kappa shape index (κ3) is 2.60. The molecule has 0 aromatic heterocycles. The first-order valence-electron chi connectivity index (χ1n) is 6.00. The van der Waals surface area contributed by atoms with Crippen molar-refractivity contribution >= 4 is 5.91 Å². The first kappa shape index (κ1) is 13.6. The van der Waals surface area contributed by atoms with E-state index in [4.69, 9.17) is 4.74 Å². The summed E-state index contributed by atoms with van der Waals surface area (Å²) in [4.78, 5) is 14.1.